The molecule has 0 aliphatic carbocycles. The minimum atomic E-state index is -0.427. The largest absolute Gasteiger partial charge is 0.354 e. The zero-order chi connectivity index (χ0) is 17.8. The van der Waals surface area contributed by atoms with Crippen LogP contribution in [0.1, 0.15) is 36.0 Å². The maximum absolute atomic E-state index is 12.8. The van der Waals surface area contributed by atoms with E-state index >= 15 is 0 Å². The van der Waals surface area contributed by atoms with Gasteiger partial charge in [0, 0.05) is 18.1 Å². The highest BCUT2D eigenvalue weighted by molar-refractivity contribution is 6.35. The van der Waals surface area contributed by atoms with Gasteiger partial charge in [-0.15, -0.1) is 0 Å². The second-order valence-corrected chi connectivity index (χ2v) is 7.56. The molecule has 5 nitrogen and oxygen atoms in total. The lowest BCUT2D eigenvalue weighted by Gasteiger charge is -2.24. The second kappa shape index (κ2) is 8.39. The third-order valence-electron chi connectivity index (χ3n) is 4.99. The van der Waals surface area contributed by atoms with Crippen LogP contribution in [0.25, 0.3) is 0 Å². The maximum Gasteiger partial charge on any atom is 0.256 e. The molecule has 136 valence electrons. The van der Waals surface area contributed by atoms with E-state index in [2.05, 4.69) is 10.6 Å². The minimum absolute atomic E-state index is 0.0741. The maximum atomic E-state index is 12.8. The smallest absolute Gasteiger partial charge is 0.256 e. The van der Waals surface area contributed by atoms with Gasteiger partial charge in [0.25, 0.3) is 5.91 Å². The molecule has 0 radical (unpaired) electrons. The Labute approximate surface area is 158 Å². The highest BCUT2D eigenvalue weighted by Crippen LogP contribution is 2.26. The molecule has 2 atom stereocenters. The van der Waals surface area contributed by atoms with Crippen molar-refractivity contribution in [3.63, 3.8) is 0 Å². The van der Waals surface area contributed by atoms with Crippen molar-refractivity contribution in [3.8, 4) is 0 Å². The van der Waals surface area contributed by atoms with Gasteiger partial charge in [-0.1, -0.05) is 23.2 Å². The zero-order valence-electron chi connectivity index (χ0n) is 14.1. The monoisotopic (exact) mass is 383 g/mol. The van der Waals surface area contributed by atoms with Gasteiger partial charge in [0.15, 0.2) is 0 Å². The summed E-state index contributed by atoms with van der Waals surface area (Å²) in [4.78, 5) is 27.0. The molecule has 2 unspecified atom stereocenters. The van der Waals surface area contributed by atoms with Crippen LogP contribution in [0, 0.1) is 5.92 Å². The lowest BCUT2D eigenvalue weighted by Crippen LogP contribution is -2.46. The van der Waals surface area contributed by atoms with E-state index in [9.17, 15) is 9.59 Å². The molecule has 7 heteroatoms. The highest BCUT2D eigenvalue weighted by Gasteiger charge is 2.35. The molecule has 0 aromatic heterocycles. The summed E-state index contributed by atoms with van der Waals surface area (Å²) in [7, 11) is 0. The van der Waals surface area contributed by atoms with Crippen LogP contribution < -0.4 is 10.6 Å². The summed E-state index contributed by atoms with van der Waals surface area (Å²) in [5.74, 6) is 0.326. The lowest BCUT2D eigenvalue weighted by molar-refractivity contribution is -0.124. The van der Waals surface area contributed by atoms with Crippen molar-refractivity contribution in [3.05, 3.63) is 33.8 Å². The summed E-state index contributed by atoms with van der Waals surface area (Å²) < 4.78 is 0. The van der Waals surface area contributed by atoms with E-state index in [4.69, 9.17) is 23.2 Å². The first-order valence-corrected chi connectivity index (χ1v) is 9.56. The Bertz CT molecular complexity index is 647. The number of nitrogens with zero attached hydrogens (tertiary/aromatic N) is 1. The standard InChI is InChI=1S/C18H23Cl2N3O2/c19-13-3-4-15(20)14(10-13)18(25)23-9-1-2-16(23)17(24)22-8-6-12-5-7-21-11-12/h3-4,10,12,16,21H,1-2,5-9,11H2,(H,22,24). The van der Waals surface area contributed by atoms with Crippen LogP contribution in [0.2, 0.25) is 10.0 Å². The predicted molar refractivity (Wildman–Crippen MR) is 99.1 cm³/mol. The first-order valence-electron chi connectivity index (χ1n) is 8.80. The zero-order valence-corrected chi connectivity index (χ0v) is 15.6. The summed E-state index contributed by atoms with van der Waals surface area (Å²) in [5, 5.41) is 7.13. The van der Waals surface area contributed by atoms with Gasteiger partial charge in [0.1, 0.15) is 6.04 Å². The quantitative estimate of drug-likeness (QED) is 0.821. The molecule has 0 bridgehead atoms. The van der Waals surface area contributed by atoms with Crippen molar-refractivity contribution >= 4 is 35.0 Å². The van der Waals surface area contributed by atoms with Gasteiger partial charge in [0.2, 0.25) is 5.91 Å². The van der Waals surface area contributed by atoms with Gasteiger partial charge < -0.3 is 15.5 Å². The van der Waals surface area contributed by atoms with Gasteiger partial charge in [-0.25, -0.2) is 0 Å². The number of halogens is 2. The fourth-order valence-electron chi connectivity index (χ4n) is 3.58. The molecular weight excluding hydrogens is 361 g/mol. The summed E-state index contributed by atoms with van der Waals surface area (Å²) in [5.41, 5.74) is 0.353. The van der Waals surface area contributed by atoms with E-state index in [1.807, 2.05) is 0 Å². The minimum Gasteiger partial charge on any atom is -0.354 e. The Morgan fingerprint density at radius 3 is 2.88 bits per heavy atom. The molecular formula is C18H23Cl2N3O2. The molecule has 3 rings (SSSR count). The normalized spacial score (nSPS) is 23.0. The Morgan fingerprint density at radius 1 is 1.28 bits per heavy atom. The number of nitrogens with one attached hydrogen (secondary N) is 2. The highest BCUT2D eigenvalue weighted by atomic mass is 35.5. The molecule has 2 heterocycles. The Morgan fingerprint density at radius 2 is 2.12 bits per heavy atom. The average Bonchev–Trinajstić information content (AvgIpc) is 3.27. The molecule has 2 aliphatic rings. The Kier molecular flexibility index (Phi) is 6.20. The molecule has 2 saturated heterocycles. The first kappa shape index (κ1) is 18.5. The van der Waals surface area contributed by atoms with Crippen molar-refractivity contribution in [1.82, 2.24) is 15.5 Å². The van der Waals surface area contributed by atoms with Crippen LogP contribution in [0.5, 0.6) is 0 Å². The summed E-state index contributed by atoms with van der Waals surface area (Å²) >= 11 is 12.1. The van der Waals surface area contributed by atoms with Crippen molar-refractivity contribution in [2.24, 2.45) is 5.92 Å². The average molecular weight is 384 g/mol. The van der Waals surface area contributed by atoms with Crippen molar-refractivity contribution < 1.29 is 9.59 Å². The Balaban J connectivity index is 1.60. The van der Waals surface area contributed by atoms with E-state index in [1.54, 1.807) is 23.1 Å². The van der Waals surface area contributed by atoms with Crippen LogP contribution in [0.15, 0.2) is 18.2 Å². The third-order valence-corrected chi connectivity index (χ3v) is 5.55. The van der Waals surface area contributed by atoms with Gasteiger partial charge in [-0.2, -0.15) is 0 Å². The molecule has 2 fully saturated rings. The number of hydrogen-bond acceptors (Lipinski definition) is 3. The van der Waals surface area contributed by atoms with Crippen LogP contribution in [0.3, 0.4) is 0 Å². The molecule has 2 aliphatic heterocycles. The number of rotatable bonds is 5. The van der Waals surface area contributed by atoms with E-state index < -0.39 is 6.04 Å². The molecule has 0 spiro atoms. The molecule has 1 aromatic rings. The first-order chi connectivity index (χ1) is 12.1. The van der Waals surface area contributed by atoms with Crippen LogP contribution >= 0.6 is 23.2 Å². The fraction of sp³-hybridized carbons (Fsp3) is 0.556. The van der Waals surface area contributed by atoms with Gasteiger partial charge in [-0.3, -0.25) is 9.59 Å². The molecule has 2 N–H and O–H groups in total. The van der Waals surface area contributed by atoms with Gasteiger partial charge in [-0.05, 0) is 62.9 Å². The summed E-state index contributed by atoms with van der Waals surface area (Å²) in [6, 6.07) is 4.39. The molecule has 25 heavy (non-hydrogen) atoms. The van der Waals surface area contributed by atoms with Gasteiger partial charge in [0.05, 0.1) is 10.6 Å². The van der Waals surface area contributed by atoms with Crippen LogP contribution in [-0.4, -0.2) is 48.9 Å². The van der Waals surface area contributed by atoms with Crippen molar-refractivity contribution in [2.75, 3.05) is 26.2 Å². The van der Waals surface area contributed by atoms with E-state index in [-0.39, 0.29) is 11.8 Å². The third kappa shape index (κ3) is 4.46. The van der Waals surface area contributed by atoms with E-state index in [0.717, 1.165) is 32.4 Å². The van der Waals surface area contributed by atoms with E-state index in [0.29, 0.717) is 41.0 Å². The number of hydrogen-bond donors (Lipinski definition) is 2. The SMILES string of the molecule is O=C(NCCC1CCNC1)C1CCCN1C(=O)c1cc(Cl)ccc1Cl. The van der Waals surface area contributed by atoms with Crippen LogP contribution in [-0.2, 0) is 4.79 Å². The number of benzene rings is 1. The predicted octanol–water partition coefficient (Wildman–Crippen LogP) is 2.71. The number of carbonyl (C=O) groups is 2. The number of amides is 2. The van der Waals surface area contributed by atoms with Crippen molar-refractivity contribution in [2.45, 2.75) is 31.7 Å². The molecule has 1 aromatic carbocycles. The van der Waals surface area contributed by atoms with Crippen LogP contribution in [0.4, 0.5) is 0 Å². The number of carbonyl (C=O) groups excluding carboxylic acids is 2. The Hall–Kier alpha value is -1.30. The summed E-state index contributed by atoms with van der Waals surface area (Å²) in [6.45, 7) is 3.30. The lowest BCUT2D eigenvalue weighted by atomic mass is 10.1. The molecule has 2 amide bonds. The van der Waals surface area contributed by atoms with Gasteiger partial charge >= 0.3 is 0 Å². The van der Waals surface area contributed by atoms with E-state index in [1.165, 1.54) is 0 Å². The number of likely N-dealkylation sites (tertiary alicyclic amines) is 1. The second-order valence-electron chi connectivity index (χ2n) is 6.72. The fourth-order valence-corrected chi connectivity index (χ4v) is 3.95. The summed E-state index contributed by atoms with van der Waals surface area (Å²) in [6.07, 6.45) is 3.63. The van der Waals surface area contributed by atoms with Crippen molar-refractivity contribution in [1.29, 1.82) is 0 Å². The topological polar surface area (TPSA) is 61.4 Å². The molecule has 0 saturated carbocycles.